The number of amides is 1. The van der Waals surface area contributed by atoms with Crippen LogP contribution in [0.1, 0.15) is 15.9 Å². The number of hydrogen-bond acceptors (Lipinski definition) is 5. The summed E-state index contributed by atoms with van der Waals surface area (Å²) in [5, 5.41) is 4.35. The molecule has 3 aromatic rings. The largest absolute Gasteiger partial charge is 0.497 e. The lowest BCUT2D eigenvalue weighted by Gasteiger charge is -2.16. The predicted molar refractivity (Wildman–Crippen MR) is 94.6 cm³/mol. The number of methoxy groups -OCH3 is 1. The first-order valence-corrected chi connectivity index (χ1v) is 7.72. The second-order valence-corrected chi connectivity index (χ2v) is 5.63. The Balaban J connectivity index is 1.73. The van der Waals surface area contributed by atoms with Crippen molar-refractivity contribution in [1.82, 2.24) is 19.7 Å². The predicted octanol–water partition coefficient (Wildman–Crippen LogP) is 2.13. The number of rotatable bonds is 5. The van der Waals surface area contributed by atoms with Crippen molar-refractivity contribution in [1.29, 1.82) is 0 Å². The van der Waals surface area contributed by atoms with E-state index in [1.54, 1.807) is 42.1 Å². The number of nitrogens with two attached hydrogens (primary N) is 1. The highest BCUT2D eigenvalue weighted by Crippen LogP contribution is 2.17. The fourth-order valence-electron chi connectivity index (χ4n) is 2.48. The SMILES string of the molecule is COc1cccc(-n2cc(CN(C)C(=O)c3ccnc(N)c3)cn2)c1. The molecule has 0 aliphatic rings. The first-order valence-electron chi connectivity index (χ1n) is 7.72. The van der Waals surface area contributed by atoms with Gasteiger partial charge in [0.15, 0.2) is 0 Å². The highest BCUT2D eigenvalue weighted by molar-refractivity contribution is 5.94. The van der Waals surface area contributed by atoms with Gasteiger partial charge in [-0.05, 0) is 24.3 Å². The van der Waals surface area contributed by atoms with Gasteiger partial charge < -0.3 is 15.4 Å². The topological polar surface area (TPSA) is 86.3 Å². The molecule has 0 spiro atoms. The summed E-state index contributed by atoms with van der Waals surface area (Å²) in [6.07, 6.45) is 5.15. The van der Waals surface area contributed by atoms with Crippen LogP contribution in [-0.4, -0.2) is 39.7 Å². The summed E-state index contributed by atoms with van der Waals surface area (Å²) in [4.78, 5) is 18.0. The van der Waals surface area contributed by atoms with Crippen LogP contribution in [0.15, 0.2) is 55.0 Å². The van der Waals surface area contributed by atoms with Gasteiger partial charge in [0.2, 0.25) is 0 Å². The molecule has 2 aromatic heterocycles. The lowest BCUT2D eigenvalue weighted by atomic mass is 10.2. The molecule has 0 radical (unpaired) electrons. The summed E-state index contributed by atoms with van der Waals surface area (Å²) < 4.78 is 6.98. The molecule has 0 saturated carbocycles. The summed E-state index contributed by atoms with van der Waals surface area (Å²) >= 11 is 0. The number of nitrogens with zero attached hydrogens (tertiary/aromatic N) is 4. The number of carbonyl (C=O) groups is 1. The molecule has 7 nitrogen and oxygen atoms in total. The Morgan fingerprint density at radius 2 is 2.16 bits per heavy atom. The number of pyridine rings is 1. The number of carbonyl (C=O) groups excluding carboxylic acids is 1. The van der Waals surface area contributed by atoms with Crippen molar-refractivity contribution in [2.45, 2.75) is 6.54 Å². The van der Waals surface area contributed by atoms with Crippen molar-refractivity contribution in [3.63, 3.8) is 0 Å². The van der Waals surface area contributed by atoms with Crippen LogP contribution < -0.4 is 10.5 Å². The molecular weight excluding hydrogens is 318 g/mol. The molecule has 2 N–H and O–H groups in total. The van der Waals surface area contributed by atoms with E-state index in [2.05, 4.69) is 10.1 Å². The normalized spacial score (nSPS) is 10.5. The summed E-state index contributed by atoms with van der Waals surface area (Å²) in [6, 6.07) is 10.8. The molecule has 3 rings (SSSR count). The van der Waals surface area contributed by atoms with Crippen LogP contribution in [0.3, 0.4) is 0 Å². The standard InChI is InChI=1S/C18H19N5O2/c1-22(18(24)14-6-7-20-17(19)8-14)11-13-10-21-23(12-13)15-4-3-5-16(9-15)25-2/h3-10,12H,11H2,1-2H3,(H2,19,20). The minimum Gasteiger partial charge on any atom is -0.497 e. The van der Waals surface area contributed by atoms with Gasteiger partial charge in [-0.2, -0.15) is 5.10 Å². The number of ether oxygens (including phenoxy) is 1. The molecule has 7 heteroatoms. The quantitative estimate of drug-likeness (QED) is 0.771. The molecule has 0 aliphatic carbocycles. The second-order valence-electron chi connectivity index (χ2n) is 5.63. The zero-order valence-electron chi connectivity index (χ0n) is 14.1. The number of benzene rings is 1. The Morgan fingerprint density at radius 1 is 1.32 bits per heavy atom. The van der Waals surface area contributed by atoms with E-state index in [4.69, 9.17) is 10.5 Å². The van der Waals surface area contributed by atoms with Crippen molar-refractivity contribution < 1.29 is 9.53 Å². The van der Waals surface area contributed by atoms with E-state index in [0.717, 1.165) is 17.0 Å². The van der Waals surface area contributed by atoms with Gasteiger partial charge in [0.25, 0.3) is 5.91 Å². The summed E-state index contributed by atoms with van der Waals surface area (Å²) in [5.74, 6) is 0.963. The van der Waals surface area contributed by atoms with Crippen LogP contribution in [-0.2, 0) is 6.54 Å². The van der Waals surface area contributed by atoms with Crippen LogP contribution in [0.5, 0.6) is 5.75 Å². The van der Waals surface area contributed by atoms with Crippen LogP contribution in [0.2, 0.25) is 0 Å². The second kappa shape index (κ2) is 7.04. The lowest BCUT2D eigenvalue weighted by molar-refractivity contribution is 0.0785. The molecule has 1 amide bonds. The third-order valence-corrected chi connectivity index (χ3v) is 3.75. The zero-order chi connectivity index (χ0) is 17.8. The summed E-state index contributed by atoms with van der Waals surface area (Å²) in [5.41, 5.74) is 7.95. The molecule has 0 aliphatic heterocycles. The number of anilines is 1. The molecule has 0 unspecified atom stereocenters. The Labute approximate surface area is 145 Å². The van der Waals surface area contributed by atoms with Crippen molar-refractivity contribution in [3.05, 3.63) is 66.1 Å². The van der Waals surface area contributed by atoms with E-state index in [0.29, 0.717) is 17.9 Å². The highest BCUT2D eigenvalue weighted by Gasteiger charge is 2.13. The maximum atomic E-state index is 12.5. The molecule has 25 heavy (non-hydrogen) atoms. The lowest BCUT2D eigenvalue weighted by Crippen LogP contribution is -2.26. The van der Waals surface area contributed by atoms with Crippen molar-refractivity contribution >= 4 is 11.7 Å². The molecule has 0 fully saturated rings. The van der Waals surface area contributed by atoms with Crippen molar-refractivity contribution in [2.75, 3.05) is 19.9 Å². The minimum atomic E-state index is -0.122. The zero-order valence-corrected chi connectivity index (χ0v) is 14.1. The number of nitrogen functional groups attached to an aromatic ring is 1. The first kappa shape index (κ1) is 16.5. The third kappa shape index (κ3) is 3.77. The maximum absolute atomic E-state index is 12.5. The van der Waals surface area contributed by atoms with Crippen molar-refractivity contribution in [2.24, 2.45) is 0 Å². The van der Waals surface area contributed by atoms with Gasteiger partial charge in [0.1, 0.15) is 11.6 Å². The maximum Gasteiger partial charge on any atom is 0.254 e. The van der Waals surface area contributed by atoms with E-state index in [1.807, 2.05) is 30.5 Å². The molecule has 1 aromatic carbocycles. The van der Waals surface area contributed by atoms with Gasteiger partial charge in [-0.15, -0.1) is 0 Å². The van der Waals surface area contributed by atoms with Gasteiger partial charge >= 0.3 is 0 Å². The third-order valence-electron chi connectivity index (χ3n) is 3.75. The smallest absolute Gasteiger partial charge is 0.254 e. The van der Waals surface area contributed by atoms with E-state index in [-0.39, 0.29) is 5.91 Å². The Bertz CT molecular complexity index is 890. The molecular formula is C18H19N5O2. The fraction of sp³-hybridized carbons (Fsp3) is 0.167. The van der Waals surface area contributed by atoms with Gasteiger partial charge in [-0.25, -0.2) is 9.67 Å². The monoisotopic (exact) mass is 337 g/mol. The van der Waals surface area contributed by atoms with Crippen LogP contribution in [0, 0.1) is 0 Å². The fourth-order valence-corrected chi connectivity index (χ4v) is 2.48. The first-order chi connectivity index (χ1) is 12.1. The average molecular weight is 337 g/mol. The number of hydrogen-bond donors (Lipinski definition) is 1. The molecule has 0 atom stereocenters. The van der Waals surface area contributed by atoms with E-state index in [9.17, 15) is 4.79 Å². The average Bonchev–Trinajstić information content (AvgIpc) is 3.09. The van der Waals surface area contributed by atoms with Gasteiger partial charge in [0, 0.05) is 43.2 Å². The van der Waals surface area contributed by atoms with Crippen LogP contribution >= 0.6 is 0 Å². The number of aromatic nitrogens is 3. The van der Waals surface area contributed by atoms with Crippen LogP contribution in [0.4, 0.5) is 5.82 Å². The molecule has 0 bridgehead atoms. The van der Waals surface area contributed by atoms with E-state index < -0.39 is 0 Å². The van der Waals surface area contributed by atoms with E-state index >= 15 is 0 Å². The van der Waals surface area contributed by atoms with Gasteiger partial charge in [0.05, 0.1) is 19.0 Å². The molecule has 0 saturated heterocycles. The van der Waals surface area contributed by atoms with Gasteiger partial charge in [-0.3, -0.25) is 4.79 Å². The summed E-state index contributed by atoms with van der Waals surface area (Å²) in [7, 11) is 3.36. The van der Waals surface area contributed by atoms with Crippen LogP contribution in [0.25, 0.3) is 5.69 Å². The van der Waals surface area contributed by atoms with E-state index in [1.165, 1.54) is 6.20 Å². The molecule has 128 valence electrons. The Morgan fingerprint density at radius 3 is 2.92 bits per heavy atom. The Kier molecular flexibility index (Phi) is 4.65. The Hall–Kier alpha value is -3.35. The molecule has 2 heterocycles. The van der Waals surface area contributed by atoms with Gasteiger partial charge in [-0.1, -0.05) is 6.07 Å². The highest BCUT2D eigenvalue weighted by atomic mass is 16.5. The minimum absolute atomic E-state index is 0.122. The summed E-state index contributed by atoms with van der Waals surface area (Å²) in [6.45, 7) is 0.436. The van der Waals surface area contributed by atoms with Crippen molar-refractivity contribution in [3.8, 4) is 11.4 Å².